The number of benzene rings is 1. The van der Waals surface area contributed by atoms with Gasteiger partial charge in [-0.05, 0) is 48.8 Å². The van der Waals surface area contributed by atoms with Gasteiger partial charge in [0.05, 0.1) is 22.7 Å². The molecule has 4 rings (SSSR count). The molecule has 36 heavy (non-hydrogen) atoms. The summed E-state index contributed by atoms with van der Waals surface area (Å²) in [5.41, 5.74) is 2.47. The summed E-state index contributed by atoms with van der Waals surface area (Å²) in [6, 6.07) is 7.54. The number of fused-ring (bicyclic) bond motifs is 3. The second-order valence-electron chi connectivity index (χ2n) is 8.99. The van der Waals surface area contributed by atoms with Crippen LogP contribution >= 0.6 is 0 Å². The van der Waals surface area contributed by atoms with E-state index in [0.717, 1.165) is 12.1 Å². The minimum atomic E-state index is -0.356. The van der Waals surface area contributed by atoms with Crippen molar-refractivity contribution in [2.24, 2.45) is 10.9 Å². The smallest absolute Gasteiger partial charge is 0.229 e. The first-order valence-electron chi connectivity index (χ1n) is 11.9. The van der Waals surface area contributed by atoms with Gasteiger partial charge in [0.1, 0.15) is 0 Å². The summed E-state index contributed by atoms with van der Waals surface area (Å²) in [5, 5.41) is 11.9. The minimum Gasteiger partial charge on any atom is -0.339 e. The molecule has 3 heterocycles. The molecule has 0 bridgehead atoms. The molecule has 1 aromatic carbocycles. The maximum atomic E-state index is 13.0. The van der Waals surface area contributed by atoms with Crippen LogP contribution in [0.15, 0.2) is 54.1 Å². The first kappa shape index (κ1) is 25.1. The van der Waals surface area contributed by atoms with Crippen LogP contribution < -0.4 is 0 Å². The van der Waals surface area contributed by atoms with Crippen LogP contribution in [0.3, 0.4) is 0 Å². The highest BCUT2D eigenvalue weighted by molar-refractivity contribution is 6.06. The lowest BCUT2D eigenvalue weighted by Gasteiger charge is -2.36. The number of carbonyl (C=O) groups is 2. The number of rotatable bonds is 8. The van der Waals surface area contributed by atoms with Crippen LogP contribution in [-0.4, -0.2) is 104 Å². The number of amides is 2. The monoisotopic (exact) mass is 489 g/mol. The molecule has 2 aromatic heterocycles. The van der Waals surface area contributed by atoms with Crippen LogP contribution in [0.5, 0.6) is 0 Å². The number of carbonyl (C=O) groups excluding carboxylic acids is 2. The van der Waals surface area contributed by atoms with Crippen molar-refractivity contribution in [3.05, 3.63) is 49.1 Å². The van der Waals surface area contributed by atoms with E-state index >= 15 is 0 Å². The number of para-hydroxylation sites is 2. The molecule has 1 atom stereocenters. The Morgan fingerprint density at radius 2 is 1.89 bits per heavy atom. The lowest BCUT2D eigenvalue weighted by molar-refractivity contribution is -0.141. The summed E-state index contributed by atoms with van der Waals surface area (Å²) in [4.78, 5) is 40.2. The summed E-state index contributed by atoms with van der Waals surface area (Å²) in [6.07, 6.45) is 5.65. The fourth-order valence-corrected chi connectivity index (χ4v) is 4.01. The van der Waals surface area contributed by atoms with E-state index in [2.05, 4.69) is 32.1 Å². The summed E-state index contributed by atoms with van der Waals surface area (Å²) in [6.45, 7) is 8.61. The number of allylic oxidation sites excluding steroid dienone is 2. The molecule has 0 radical (unpaired) electrons. The highest BCUT2D eigenvalue weighted by Crippen LogP contribution is 2.21. The van der Waals surface area contributed by atoms with E-state index in [9.17, 15) is 9.59 Å². The van der Waals surface area contributed by atoms with Crippen molar-refractivity contribution in [2.45, 2.75) is 13.3 Å². The lowest BCUT2D eigenvalue weighted by atomic mass is 10.1. The van der Waals surface area contributed by atoms with Gasteiger partial charge in [0.15, 0.2) is 0 Å². The van der Waals surface area contributed by atoms with E-state index in [1.165, 1.54) is 0 Å². The molecular weight excluding hydrogens is 458 g/mol. The molecule has 1 aliphatic rings. The molecule has 1 aliphatic heterocycles. The normalized spacial score (nSPS) is 15.8. The van der Waals surface area contributed by atoms with Gasteiger partial charge < -0.3 is 14.7 Å². The van der Waals surface area contributed by atoms with Crippen molar-refractivity contribution in [3.8, 4) is 0 Å². The average molecular weight is 490 g/mol. The average Bonchev–Trinajstić information content (AvgIpc) is 3.40. The van der Waals surface area contributed by atoms with E-state index in [-0.39, 0.29) is 17.7 Å². The van der Waals surface area contributed by atoms with Crippen molar-refractivity contribution < 1.29 is 9.59 Å². The largest absolute Gasteiger partial charge is 0.339 e. The number of piperazine rings is 1. The molecule has 2 amide bonds. The van der Waals surface area contributed by atoms with Gasteiger partial charge in [-0.25, -0.2) is 9.98 Å². The lowest BCUT2D eigenvalue weighted by Crippen LogP contribution is -2.51. The fourth-order valence-electron chi connectivity index (χ4n) is 4.01. The van der Waals surface area contributed by atoms with Gasteiger partial charge in [-0.3, -0.25) is 9.59 Å². The van der Waals surface area contributed by atoms with Gasteiger partial charge in [0, 0.05) is 39.1 Å². The predicted octanol–water partition coefficient (Wildman–Crippen LogP) is 1.75. The van der Waals surface area contributed by atoms with Gasteiger partial charge >= 0.3 is 0 Å². The predicted molar refractivity (Wildman–Crippen MR) is 138 cm³/mol. The van der Waals surface area contributed by atoms with Crippen molar-refractivity contribution in [1.82, 2.24) is 39.7 Å². The Morgan fingerprint density at radius 1 is 1.17 bits per heavy atom. The summed E-state index contributed by atoms with van der Waals surface area (Å²) >= 11 is 0. The zero-order chi connectivity index (χ0) is 25.7. The van der Waals surface area contributed by atoms with Gasteiger partial charge in [0.25, 0.3) is 0 Å². The van der Waals surface area contributed by atoms with E-state index < -0.39 is 0 Å². The molecule has 0 saturated carbocycles. The number of nitrogens with zero attached hydrogens (tertiary/aromatic N) is 9. The van der Waals surface area contributed by atoms with E-state index in [4.69, 9.17) is 0 Å². The fraction of sp³-hybridized carbons (Fsp3) is 0.400. The molecule has 1 unspecified atom stereocenters. The van der Waals surface area contributed by atoms with Crippen LogP contribution in [-0.2, 0) is 9.59 Å². The van der Waals surface area contributed by atoms with Gasteiger partial charge in [-0.15, -0.1) is 5.10 Å². The van der Waals surface area contributed by atoms with Crippen LogP contribution in [0.4, 0.5) is 5.82 Å². The third-order valence-corrected chi connectivity index (χ3v) is 6.11. The van der Waals surface area contributed by atoms with Crippen LogP contribution in [0.1, 0.15) is 13.3 Å². The second-order valence-corrected chi connectivity index (χ2v) is 8.99. The maximum Gasteiger partial charge on any atom is 0.229 e. The molecule has 0 N–H and O–H groups in total. The maximum absolute atomic E-state index is 13.0. The number of tetrazole rings is 1. The summed E-state index contributed by atoms with van der Waals surface area (Å²) in [7, 11) is 3.90. The Morgan fingerprint density at radius 3 is 2.61 bits per heavy atom. The zero-order valence-corrected chi connectivity index (χ0v) is 20.9. The van der Waals surface area contributed by atoms with Crippen molar-refractivity contribution in [1.29, 1.82) is 0 Å². The van der Waals surface area contributed by atoms with E-state index in [1.807, 2.05) is 60.0 Å². The molecule has 11 nitrogen and oxygen atoms in total. The first-order chi connectivity index (χ1) is 17.4. The second kappa shape index (κ2) is 11.2. The summed E-state index contributed by atoms with van der Waals surface area (Å²) < 4.78 is 1.60. The Kier molecular flexibility index (Phi) is 7.79. The standard InChI is InChI=1S/C25H31N9O2/c1-5-19(26-23-24-28-29-30-34(24)21-9-7-6-8-20(21)27-23)11-10-18(2)25(36)33-16-14-32(15-17-33)22(35)12-13-31(3)4/h5-11,18H,1,12-17H2,2-4H3/b11-10-,26-19?. The topological polar surface area (TPSA) is 112 Å². The van der Waals surface area contributed by atoms with Crippen molar-refractivity contribution in [3.63, 3.8) is 0 Å². The van der Waals surface area contributed by atoms with Gasteiger partial charge in [-0.1, -0.05) is 31.7 Å². The number of aromatic nitrogens is 5. The van der Waals surface area contributed by atoms with Gasteiger partial charge in [-0.2, -0.15) is 4.52 Å². The molecule has 0 spiro atoms. The Labute approximate surface area is 209 Å². The van der Waals surface area contributed by atoms with Crippen LogP contribution in [0, 0.1) is 5.92 Å². The SMILES string of the molecule is C=CC(/C=C\C(C)C(=O)N1CCN(C(=O)CCN(C)C)CC1)=Nc1nc2ccccc2n2nnnc12. The first-order valence-corrected chi connectivity index (χ1v) is 11.9. The van der Waals surface area contributed by atoms with E-state index in [0.29, 0.717) is 55.3 Å². The Balaban J connectivity index is 1.42. The number of hydrogen-bond acceptors (Lipinski definition) is 8. The molecular formula is C25H31N9O2. The molecule has 3 aromatic rings. The molecule has 0 aliphatic carbocycles. The third kappa shape index (κ3) is 5.62. The number of aliphatic imine (C=N–C) groups is 1. The third-order valence-electron chi connectivity index (χ3n) is 6.11. The Hall–Kier alpha value is -3.99. The van der Waals surface area contributed by atoms with Crippen LogP contribution in [0.25, 0.3) is 16.7 Å². The van der Waals surface area contributed by atoms with Crippen LogP contribution in [0.2, 0.25) is 0 Å². The zero-order valence-electron chi connectivity index (χ0n) is 20.9. The quantitative estimate of drug-likeness (QED) is 0.443. The van der Waals surface area contributed by atoms with E-state index in [1.54, 1.807) is 22.7 Å². The summed E-state index contributed by atoms with van der Waals surface area (Å²) in [5.74, 6) is 0.163. The Bertz CT molecular complexity index is 1320. The number of hydrogen-bond donors (Lipinski definition) is 0. The highest BCUT2D eigenvalue weighted by Gasteiger charge is 2.26. The van der Waals surface area contributed by atoms with Crippen molar-refractivity contribution >= 4 is 40.0 Å². The van der Waals surface area contributed by atoms with Gasteiger partial charge in [0.2, 0.25) is 23.3 Å². The highest BCUT2D eigenvalue weighted by atomic mass is 16.2. The van der Waals surface area contributed by atoms with Crippen molar-refractivity contribution in [2.75, 3.05) is 46.8 Å². The molecule has 1 fully saturated rings. The molecule has 1 saturated heterocycles. The molecule has 11 heteroatoms. The molecule has 188 valence electrons. The minimum absolute atomic E-state index is 0.0166.